The maximum Gasteiger partial charge on any atom is 2.00 e. The van der Waals surface area contributed by atoms with Crippen molar-refractivity contribution in [3.8, 4) is 0 Å². The Morgan fingerprint density at radius 3 is 1.42 bits per heavy atom. The van der Waals surface area contributed by atoms with Gasteiger partial charge in [-0.05, 0) is 24.7 Å². The van der Waals surface area contributed by atoms with Crippen molar-refractivity contribution in [2.24, 2.45) is 0 Å². The van der Waals surface area contributed by atoms with Crippen LogP contribution in [0.3, 0.4) is 0 Å². The normalized spacial score (nSPS) is 8.95. The zero-order valence-corrected chi connectivity index (χ0v) is 14.7. The van der Waals surface area contributed by atoms with Gasteiger partial charge in [-0.15, -0.1) is 0 Å². The second-order valence-electron chi connectivity index (χ2n) is 3.82. The smallest absolute Gasteiger partial charge is 1.00 e. The first-order valence-electron chi connectivity index (χ1n) is 5.79. The molecule has 0 aliphatic heterocycles. The van der Waals surface area contributed by atoms with Gasteiger partial charge in [0.1, 0.15) is 0 Å². The van der Waals surface area contributed by atoms with Gasteiger partial charge in [-0.3, -0.25) is 0 Å². The van der Waals surface area contributed by atoms with Gasteiger partial charge in [0.25, 0.3) is 0 Å². The van der Waals surface area contributed by atoms with Crippen molar-refractivity contribution in [3.63, 3.8) is 0 Å². The Balaban J connectivity index is 0. The molecule has 2 aromatic carbocycles. The van der Waals surface area contributed by atoms with Crippen LogP contribution in [0.1, 0.15) is 13.3 Å². The van der Waals surface area contributed by atoms with E-state index in [0.717, 1.165) is 0 Å². The summed E-state index contributed by atoms with van der Waals surface area (Å²) < 4.78 is 0. The van der Waals surface area contributed by atoms with E-state index in [9.17, 15) is 0 Å². The van der Waals surface area contributed by atoms with Gasteiger partial charge in [-0.1, -0.05) is 74.0 Å². The molecule has 0 atom stereocenters. The maximum absolute atomic E-state index is 2.27. The van der Waals surface area contributed by atoms with Crippen LogP contribution in [0.2, 0.25) is 0 Å². The van der Waals surface area contributed by atoms with Crippen molar-refractivity contribution < 1.29 is 45.2 Å². The molecule has 0 bridgehead atoms. The third-order valence-electron chi connectivity index (χ3n) is 2.58. The summed E-state index contributed by atoms with van der Waals surface area (Å²) in [7, 11) is -0.151. The second-order valence-corrected chi connectivity index (χ2v) is 6.16. The first-order valence-corrected chi connectivity index (χ1v) is 7.32. The Morgan fingerprint density at radius 2 is 1.11 bits per heavy atom. The molecule has 0 spiro atoms. The van der Waals surface area contributed by atoms with E-state index >= 15 is 0 Å². The predicted octanol–water partition coefficient (Wildman–Crippen LogP) is -2.47. The van der Waals surface area contributed by atoms with E-state index in [1.54, 1.807) is 0 Å². The SMILES string of the molecule is CCCP(c1ccccc1)c1ccccc1.[Cl-].[Cl-].[Pd+2]. The molecule has 19 heavy (non-hydrogen) atoms. The van der Waals surface area contributed by atoms with Gasteiger partial charge in [0.05, 0.1) is 0 Å². The van der Waals surface area contributed by atoms with E-state index in [0.29, 0.717) is 0 Å². The van der Waals surface area contributed by atoms with Crippen LogP contribution in [0, 0.1) is 0 Å². The minimum atomic E-state index is -0.151. The molecule has 0 fully saturated rings. The molecule has 0 aromatic heterocycles. The van der Waals surface area contributed by atoms with Crippen LogP contribution in [0.4, 0.5) is 0 Å². The summed E-state index contributed by atoms with van der Waals surface area (Å²) in [6.45, 7) is 2.27. The van der Waals surface area contributed by atoms with Crippen molar-refractivity contribution in [1.29, 1.82) is 0 Å². The summed E-state index contributed by atoms with van der Waals surface area (Å²) in [5, 5.41) is 2.98. The summed E-state index contributed by atoms with van der Waals surface area (Å²) in [5.41, 5.74) is 0. The number of halogens is 2. The summed E-state index contributed by atoms with van der Waals surface area (Å²) in [6, 6.07) is 21.8. The van der Waals surface area contributed by atoms with Crippen molar-refractivity contribution in [2.45, 2.75) is 13.3 Å². The van der Waals surface area contributed by atoms with Crippen LogP contribution in [0.25, 0.3) is 0 Å². The fourth-order valence-corrected chi connectivity index (χ4v) is 4.17. The fourth-order valence-electron chi connectivity index (χ4n) is 1.85. The molecule has 0 amide bonds. The molecule has 0 heterocycles. The third kappa shape index (κ3) is 6.40. The first-order chi connectivity index (χ1) is 7.92. The molecular weight excluding hydrogens is 388 g/mol. The zero-order valence-electron chi connectivity index (χ0n) is 10.7. The second kappa shape index (κ2) is 11.9. The Hall–Kier alpha value is 0.112. The molecule has 2 aromatic rings. The fraction of sp³-hybridized carbons (Fsp3) is 0.200. The minimum absolute atomic E-state index is 0. The Labute approximate surface area is 143 Å². The summed E-state index contributed by atoms with van der Waals surface area (Å²) in [5.74, 6) is 0. The molecule has 0 saturated heterocycles. The molecule has 0 aliphatic rings. The Kier molecular flexibility index (Phi) is 13.4. The molecule has 0 aliphatic carbocycles. The van der Waals surface area contributed by atoms with Gasteiger partial charge in [0.15, 0.2) is 0 Å². The molecular formula is C15H17Cl2PPd. The van der Waals surface area contributed by atoms with E-state index in [2.05, 4.69) is 67.6 Å². The molecule has 0 radical (unpaired) electrons. The molecule has 4 heteroatoms. The quantitative estimate of drug-likeness (QED) is 0.391. The van der Waals surface area contributed by atoms with E-state index < -0.39 is 0 Å². The van der Waals surface area contributed by atoms with Crippen LogP contribution in [-0.4, -0.2) is 6.16 Å². The van der Waals surface area contributed by atoms with Gasteiger partial charge < -0.3 is 24.8 Å². The summed E-state index contributed by atoms with van der Waals surface area (Å²) in [6.07, 6.45) is 2.53. The monoisotopic (exact) mass is 404 g/mol. The summed E-state index contributed by atoms with van der Waals surface area (Å²) >= 11 is 0. The van der Waals surface area contributed by atoms with Gasteiger partial charge in [-0.2, -0.15) is 0 Å². The first kappa shape index (κ1) is 21.4. The van der Waals surface area contributed by atoms with Crippen LogP contribution in [-0.2, 0) is 20.4 Å². The Morgan fingerprint density at radius 1 is 0.737 bits per heavy atom. The number of rotatable bonds is 4. The van der Waals surface area contributed by atoms with Crippen molar-refractivity contribution >= 4 is 18.5 Å². The standard InChI is InChI=1S/C15H17P.2ClH.Pd/c1-2-13-16(14-9-5-3-6-10-14)15-11-7-4-8-12-15;;;/h3-12H,2,13H2,1H3;2*1H;/q;;;+2/p-2. The van der Waals surface area contributed by atoms with E-state index in [4.69, 9.17) is 0 Å². The molecule has 106 valence electrons. The molecule has 0 saturated carbocycles. The molecule has 2 rings (SSSR count). The van der Waals surface area contributed by atoms with Crippen LogP contribution < -0.4 is 35.4 Å². The van der Waals surface area contributed by atoms with E-state index in [1.165, 1.54) is 23.2 Å². The van der Waals surface area contributed by atoms with Gasteiger partial charge in [-0.25, -0.2) is 0 Å². The number of hydrogen-bond acceptors (Lipinski definition) is 0. The summed E-state index contributed by atoms with van der Waals surface area (Å²) in [4.78, 5) is 0. The van der Waals surface area contributed by atoms with Crippen molar-refractivity contribution in [1.82, 2.24) is 0 Å². The molecule has 0 N–H and O–H groups in total. The molecule has 0 unspecified atom stereocenters. The molecule has 0 nitrogen and oxygen atoms in total. The van der Waals surface area contributed by atoms with Crippen molar-refractivity contribution in [3.05, 3.63) is 60.7 Å². The van der Waals surface area contributed by atoms with Gasteiger partial charge in [0.2, 0.25) is 0 Å². The van der Waals surface area contributed by atoms with Gasteiger partial charge in [0, 0.05) is 0 Å². The largest absolute Gasteiger partial charge is 2.00 e. The topological polar surface area (TPSA) is 0 Å². The van der Waals surface area contributed by atoms with Crippen molar-refractivity contribution in [2.75, 3.05) is 6.16 Å². The number of hydrogen-bond donors (Lipinski definition) is 0. The van der Waals surface area contributed by atoms with Crippen LogP contribution in [0.5, 0.6) is 0 Å². The zero-order chi connectivity index (χ0) is 11.2. The third-order valence-corrected chi connectivity index (χ3v) is 5.32. The van der Waals surface area contributed by atoms with Crippen LogP contribution in [0.15, 0.2) is 60.7 Å². The average molecular weight is 406 g/mol. The predicted molar refractivity (Wildman–Crippen MR) is 74.2 cm³/mol. The maximum atomic E-state index is 2.27. The van der Waals surface area contributed by atoms with E-state index in [1.807, 2.05) is 0 Å². The Bertz CT molecular complexity index is 383. The van der Waals surface area contributed by atoms with Crippen LogP contribution >= 0.6 is 7.92 Å². The number of benzene rings is 2. The minimum Gasteiger partial charge on any atom is -1.00 e. The van der Waals surface area contributed by atoms with Gasteiger partial charge >= 0.3 is 20.4 Å². The average Bonchev–Trinajstić information content (AvgIpc) is 2.38. The van der Waals surface area contributed by atoms with E-state index in [-0.39, 0.29) is 53.2 Å².